The van der Waals surface area contributed by atoms with Crippen LogP contribution in [0.15, 0.2) is 6.33 Å². The molecule has 0 radical (unpaired) electrons. The molecule has 0 amide bonds. The van der Waals surface area contributed by atoms with Gasteiger partial charge in [0.25, 0.3) is 0 Å². The van der Waals surface area contributed by atoms with E-state index in [9.17, 15) is 4.39 Å². The number of nitrogen functional groups attached to an aromatic ring is 1. The number of imidazole rings is 1. The van der Waals surface area contributed by atoms with Crippen molar-refractivity contribution < 1.29 is 4.39 Å². The molecule has 0 bridgehead atoms. The third-order valence-corrected chi connectivity index (χ3v) is 2.16. The van der Waals surface area contributed by atoms with Crippen molar-refractivity contribution in [3.05, 3.63) is 6.33 Å². The molecule has 16 heavy (non-hydrogen) atoms. The molecule has 0 aliphatic heterocycles. The third-order valence-electron chi connectivity index (χ3n) is 2.16. The van der Waals surface area contributed by atoms with E-state index in [0.29, 0.717) is 17.0 Å². The molecule has 0 unspecified atom stereocenters. The zero-order chi connectivity index (χ0) is 11.7. The topological polar surface area (TPSA) is 92.5 Å². The molecule has 2 aromatic heterocycles. The molecule has 0 aliphatic carbocycles. The van der Waals surface area contributed by atoms with Crippen LogP contribution in [0.2, 0.25) is 0 Å². The lowest BCUT2D eigenvalue weighted by Crippen LogP contribution is -2.21. The van der Waals surface area contributed by atoms with Crippen molar-refractivity contribution in [3.8, 4) is 0 Å². The fourth-order valence-corrected chi connectivity index (χ4v) is 1.25. The second-order valence-electron chi connectivity index (χ2n) is 3.82. The molecule has 2 aromatic rings. The van der Waals surface area contributed by atoms with Crippen LogP contribution in [0.25, 0.3) is 11.2 Å². The molecule has 1 atom stereocenters. The van der Waals surface area contributed by atoms with Crippen LogP contribution in [0, 0.1) is 5.92 Å². The van der Waals surface area contributed by atoms with Gasteiger partial charge in [0.1, 0.15) is 5.52 Å². The molecule has 0 saturated carbocycles. The molecule has 0 aromatic carbocycles. The van der Waals surface area contributed by atoms with Crippen molar-refractivity contribution in [2.45, 2.75) is 20.1 Å². The van der Waals surface area contributed by atoms with E-state index in [2.05, 4.69) is 25.3 Å². The van der Waals surface area contributed by atoms with Gasteiger partial charge in [-0.05, 0) is 0 Å². The normalized spacial score (nSPS) is 13.2. The lowest BCUT2D eigenvalue weighted by atomic mass is 10.2. The van der Waals surface area contributed by atoms with Crippen molar-refractivity contribution >= 4 is 22.9 Å². The summed E-state index contributed by atoms with van der Waals surface area (Å²) in [6.45, 7) is 3.54. The fourth-order valence-electron chi connectivity index (χ4n) is 1.25. The smallest absolute Gasteiger partial charge is 0.224 e. The number of rotatable bonds is 3. The lowest BCUT2D eigenvalue weighted by Gasteiger charge is -2.14. The summed E-state index contributed by atoms with van der Waals surface area (Å²) in [5.41, 5.74) is 6.47. The van der Waals surface area contributed by atoms with E-state index < -0.39 is 6.30 Å². The van der Waals surface area contributed by atoms with Gasteiger partial charge in [-0.3, -0.25) is 0 Å². The Kier molecular flexibility index (Phi) is 2.59. The van der Waals surface area contributed by atoms with Gasteiger partial charge in [-0.1, -0.05) is 13.8 Å². The number of hydrogen-bond donors (Lipinski definition) is 3. The minimum absolute atomic E-state index is 0.0676. The van der Waals surface area contributed by atoms with Crippen LogP contribution in [0.5, 0.6) is 0 Å². The van der Waals surface area contributed by atoms with E-state index in [1.807, 2.05) is 0 Å². The van der Waals surface area contributed by atoms with Crippen molar-refractivity contribution in [1.29, 1.82) is 0 Å². The summed E-state index contributed by atoms with van der Waals surface area (Å²) in [4.78, 5) is 14.6. The molecule has 6 nitrogen and oxygen atoms in total. The average Bonchev–Trinajstić information content (AvgIpc) is 2.65. The molecule has 2 heterocycles. The monoisotopic (exact) mass is 224 g/mol. The maximum Gasteiger partial charge on any atom is 0.224 e. The van der Waals surface area contributed by atoms with Gasteiger partial charge in [0, 0.05) is 5.92 Å². The van der Waals surface area contributed by atoms with Crippen molar-refractivity contribution in [2.24, 2.45) is 5.92 Å². The molecule has 86 valence electrons. The van der Waals surface area contributed by atoms with Crippen LogP contribution in [-0.2, 0) is 0 Å². The van der Waals surface area contributed by atoms with E-state index in [0.717, 1.165) is 0 Å². The first-order valence-corrected chi connectivity index (χ1v) is 4.95. The number of nitrogens with one attached hydrogen (secondary N) is 2. The van der Waals surface area contributed by atoms with Crippen LogP contribution in [-0.4, -0.2) is 26.2 Å². The molecule has 0 aliphatic rings. The van der Waals surface area contributed by atoms with E-state index in [-0.39, 0.29) is 11.9 Å². The maximum absolute atomic E-state index is 13.5. The van der Waals surface area contributed by atoms with Gasteiger partial charge >= 0.3 is 0 Å². The van der Waals surface area contributed by atoms with Crippen LogP contribution in [0.4, 0.5) is 16.2 Å². The first kappa shape index (κ1) is 10.6. The Labute approximate surface area is 91.5 Å². The van der Waals surface area contributed by atoms with Gasteiger partial charge in [0.2, 0.25) is 5.95 Å². The van der Waals surface area contributed by atoms with Gasteiger partial charge in [-0.2, -0.15) is 9.97 Å². The predicted octanol–water partition coefficient (Wildman–Crippen LogP) is 1.30. The second kappa shape index (κ2) is 3.92. The summed E-state index contributed by atoms with van der Waals surface area (Å²) in [7, 11) is 0. The van der Waals surface area contributed by atoms with Crippen LogP contribution in [0.1, 0.15) is 13.8 Å². The zero-order valence-electron chi connectivity index (χ0n) is 9.03. The molecule has 0 spiro atoms. The number of hydrogen-bond acceptors (Lipinski definition) is 5. The summed E-state index contributed by atoms with van der Waals surface area (Å²) in [6, 6.07) is 0. The van der Waals surface area contributed by atoms with Crippen molar-refractivity contribution in [1.82, 2.24) is 19.9 Å². The molecule has 0 saturated heterocycles. The summed E-state index contributed by atoms with van der Waals surface area (Å²) in [6.07, 6.45) is 0.271. The van der Waals surface area contributed by atoms with Crippen molar-refractivity contribution in [2.75, 3.05) is 11.1 Å². The molecule has 0 fully saturated rings. The average molecular weight is 224 g/mol. The third kappa shape index (κ3) is 1.88. The number of anilines is 2. The number of nitrogens with zero attached hydrogens (tertiary/aromatic N) is 3. The Bertz CT molecular complexity index is 494. The largest absolute Gasteiger partial charge is 0.368 e. The highest BCUT2D eigenvalue weighted by atomic mass is 19.1. The van der Waals surface area contributed by atoms with E-state index >= 15 is 0 Å². The van der Waals surface area contributed by atoms with Crippen molar-refractivity contribution in [3.63, 3.8) is 0 Å². The van der Waals surface area contributed by atoms with E-state index in [4.69, 9.17) is 5.73 Å². The molecular formula is C9H13FN6. The number of alkyl halides is 1. The minimum Gasteiger partial charge on any atom is -0.368 e. The van der Waals surface area contributed by atoms with Gasteiger partial charge < -0.3 is 16.0 Å². The van der Waals surface area contributed by atoms with Crippen LogP contribution in [0.3, 0.4) is 0 Å². The highest BCUT2D eigenvalue weighted by molar-refractivity contribution is 5.83. The summed E-state index contributed by atoms with van der Waals surface area (Å²) >= 11 is 0. The number of nitrogens with two attached hydrogens (primary N) is 1. The number of halogens is 1. The van der Waals surface area contributed by atoms with Gasteiger partial charge in [-0.15, -0.1) is 0 Å². The van der Waals surface area contributed by atoms with Crippen LogP contribution < -0.4 is 11.1 Å². The Balaban J connectivity index is 2.39. The van der Waals surface area contributed by atoms with E-state index in [1.54, 1.807) is 13.8 Å². The minimum atomic E-state index is -1.19. The number of H-pyrrole nitrogens is 1. The standard InChI is InChI=1S/C9H13FN6/c1-4(2)6(10)14-8-5-7(13-3-12-5)15-9(11)16-8/h3-4,6H,1-2H3,(H4,11,12,13,14,15,16)/t6-/m1/s1. The first-order chi connectivity index (χ1) is 7.58. The zero-order valence-corrected chi connectivity index (χ0v) is 9.03. The fraction of sp³-hybridized carbons (Fsp3) is 0.444. The highest BCUT2D eigenvalue weighted by Gasteiger charge is 2.15. The number of aromatic nitrogens is 4. The predicted molar refractivity (Wildman–Crippen MR) is 59.5 cm³/mol. The number of fused-ring (bicyclic) bond motifs is 1. The molecular weight excluding hydrogens is 211 g/mol. The number of aromatic amines is 1. The Morgan fingerprint density at radius 3 is 2.88 bits per heavy atom. The lowest BCUT2D eigenvalue weighted by molar-refractivity contribution is 0.289. The summed E-state index contributed by atoms with van der Waals surface area (Å²) in [5.74, 6) is 0.244. The SMILES string of the molecule is CC(C)[C@H](F)Nc1nc(N)nc2nc[nH]c12. The van der Waals surface area contributed by atoms with E-state index in [1.165, 1.54) is 6.33 Å². The first-order valence-electron chi connectivity index (χ1n) is 4.95. The van der Waals surface area contributed by atoms with Gasteiger partial charge in [-0.25, -0.2) is 9.37 Å². The summed E-state index contributed by atoms with van der Waals surface area (Å²) in [5, 5.41) is 2.64. The highest BCUT2D eigenvalue weighted by Crippen LogP contribution is 2.20. The Morgan fingerprint density at radius 1 is 1.44 bits per heavy atom. The molecule has 7 heteroatoms. The second-order valence-corrected chi connectivity index (χ2v) is 3.82. The Hall–Kier alpha value is -1.92. The Morgan fingerprint density at radius 2 is 2.19 bits per heavy atom. The van der Waals surface area contributed by atoms with Gasteiger partial charge in [0.05, 0.1) is 6.33 Å². The molecule has 2 rings (SSSR count). The van der Waals surface area contributed by atoms with Gasteiger partial charge in [0.15, 0.2) is 17.8 Å². The summed E-state index contributed by atoms with van der Waals surface area (Å²) < 4.78 is 13.5. The van der Waals surface area contributed by atoms with Crippen LogP contribution >= 0.6 is 0 Å². The maximum atomic E-state index is 13.5. The quantitative estimate of drug-likeness (QED) is 0.683. The molecule has 4 N–H and O–H groups in total.